The first kappa shape index (κ1) is 14.5. The van der Waals surface area contributed by atoms with Crippen LogP contribution in [0.4, 0.5) is 0 Å². The lowest BCUT2D eigenvalue weighted by Gasteiger charge is -2.11. The summed E-state index contributed by atoms with van der Waals surface area (Å²) in [7, 11) is 1.67. The normalized spacial score (nSPS) is 10.9. The van der Waals surface area contributed by atoms with Gasteiger partial charge in [-0.1, -0.05) is 12.1 Å². The van der Waals surface area contributed by atoms with Crippen molar-refractivity contribution in [1.29, 1.82) is 0 Å². The molecule has 0 fully saturated rings. The van der Waals surface area contributed by atoms with Gasteiger partial charge in [-0.2, -0.15) is 0 Å². The first-order valence-electron chi connectivity index (χ1n) is 7.79. The Hall–Kier alpha value is -3.14. The topological polar surface area (TPSA) is 39.9 Å². The molecule has 2 heterocycles. The van der Waals surface area contributed by atoms with Crippen molar-refractivity contribution in [3.8, 4) is 22.7 Å². The highest BCUT2D eigenvalue weighted by molar-refractivity contribution is 5.90. The van der Waals surface area contributed by atoms with Crippen LogP contribution in [0.3, 0.4) is 0 Å². The van der Waals surface area contributed by atoms with Crippen LogP contribution in [0.25, 0.3) is 27.8 Å². The maximum absolute atomic E-state index is 5.24. The van der Waals surface area contributed by atoms with Gasteiger partial charge in [0, 0.05) is 23.3 Å². The fourth-order valence-corrected chi connectivity index (χ4v) is 2.84. The van der Waals surface area contributed by atoms with E-state index in [4.69, 9.17) is 9.72 Å². The van der Waals surface area contributed by atoms with E-state index < -0.39 is 0 Å². The van der Waals surface area contributed by atoms with Gasteiger partial charge < -0.3 is 9.30 Å². The summed E-state index contributed by atoms with van der Waals surface area (Å²) in [5, 5.41) is 1.11. The number of ether oxygens (including phenoxy) is 1. The summed E-state index contributed by atoms with van der Waals surface area (Å²) in [6.45, 7) is 2.08. The number of nitrogens with zero attached hydrogens (tertiary/aromatic N) is 3. The maximum atomic E-state index is 5.24. The van der Waals surface area contributed by atoms with Crippen molar-refractivity contribution >= 4 is 10.9 Å². The van der Waals surface area contributed by atoms with E-state index in [1.54, 1.807) is 13.3 Å². The van der Waals surface area contributed by atoms with Crippen LogP contribution in [0.5, 0.6) is 5.75 Å². The van der Waals surface area contributed by atoms with Gasteiger partial charge in [-0.25, -0.2) is 9.97 Å². The van der Waals surface area contributed by atoms with E-state index >= 15 is 0 Å². The molecule has 0 atom stereocenters. The number of aryl methyl sites for hydroxylation is 1. The van der Waals surface area contributed by atoms with Crippen LogP contribution >= 0.6 is 0 Å². The highest BCUT2D eigenvalue weighted by atomic mass is 16.5. The van der Waals surface area contributed by atoms with Crippen molar-refractivity contribution in [2.24, 2.45) is 0 Å². The number of methoxy groups -OCH3 is 1. The molecular formula is C20H17N3O. The monoisotopic (exact) mass is 315 g/mol. The summed E-state index contributed by atoms with van der Waals surface area (Å²) in [5.41, 5.74) is 5.23. The third kappa shape index (κ3) is 2.52. The fourth-order valence-electron chi connectivity index (χ4n) is 2.84. The van der Waals surface area contributed by atoms with Crippen molar-refractivity contribution in [3.05, 3.63) is 72.8 Å². The summed E-state index contributed by atoms with van der Waals surface area (Å²) in [5.74, 6) is 0.838. The van der Waals surface area contributed by atoms with Gasteiger partial charge in [0.05, 0.1) is 30.3 Å². The van der Waals surface area contributed by atoms with Crippen molar-refractivity contribution in [3.63, 3.8) is 0 Å². The van der Waals surface area contributed by atoms with Gasteiger partial charge >= 0.3 is 0 Å². The molecule has 4 rings (SSSR count). The molecule has 0 saturated carbocycles. The maximum Gasteiger partial charge on any atom is 0.118 e. The number of aromatic nitrogens is 3. The van der Waals surface area contributed by atoms with E-state index in [2.05, 4.69) is 36.2 Å². The number of imidazole rings is 1. The molecule has 4 aromatic rings. The molecule has 24 heavy (non-hydrogen) atoms. The first-order valence-corrected chi connectivity index (χ1v) is 7.79. The minimum atomic E-state index is 0.838. The van der Waals surface area contributed by atoms with Gasteiger partial charge in [0.1, 0.15) is 5.75 Å². The summed E-state index contributed by atoms with van der Waals surface area (Å²) < 4.78 is 7.26. The molecule has 0 aliphatic heterocycles. The Bertz CT molecular complexity index is 990. The molecule has 0 N–H and O–H groups in total. The zero-order valence-corrected chi connectivity index (χ0v) is 13.6. The molecular weight excluding hydrogens is 298 g/mol. The molecule has 0 aliphatic carbocycles. The highest BCUT2D eigenvalue weighted by Crippen LogP contribution is 2.28. The van der Waals surface area contributed by atoms with Crippen molar-refractivity contribution in [2.45, 2.75) is 6.92 Å². The van der Waals surface area contributed by atoms with Gasteiger partial charge in [0.25, 0.3) is 0 Å². The van der Waals surface area contributed by atoms with Crippen LogP contribution in [-0.4, -0.2) is 21.6 Å². The SMILES string of the molecule is COc1ccc(-c2cc(-n3ccnc3)c3ccc(C)cc3n2)cc1. The third-order valence-corrected chi connectivity index (χ3v) is 4.11. The van der Waals surface area contributed by atoms with E-state index in [-0.39, 0.29) is 0 Å². The van der Waals surface area contributed by atoms with Crippen LogP contribution in [0.2, 0.25) is 0 Å². The minimum absolute atomic E-state index is 0.838. The molecule has 2 aromatic carbocycles. The van der Waals surface area contributed by atoms with Gasteiger partial charge in [-0.15, -0.1) is 0 Å². The zero-order valence-electron chi connectivity index (χ0n) is 13.6. The summed E-state index contributed by atoms with van der Waals surface area (Å²) >= 11 is 0. The van der Waals surface area contributed by atoms with Crippen molar-refractivity contribution < 1.29 is 4.74 Å². The molecule has 0 unspecified atom stereocenters. The molecule has 0 spiro atoms. The second kappa shape index (κ2) is 5.81. The highest BCUT2D eigenvalue weighted by Gasteiger charge is 2.09. The van der Waals surface area contributed by atoms with Crippen LogP contribution in [0.15, 0.2) is 67.3 Å². The first-order chi connectivity index (χ1) is 11.7. The molecule has 0 bridgehead atoms. The Morgan fingerprint density at radius 3 is 2.54 bits per heavy atom. The van der Waals surface area contributed by atoms with Crippen molar-refractivity contribution in [1.82, 2.24) is 14.5 Å². The Morgan fingerprint density at radius 1 is 1.00 bits per heavy atom. The van der Waals surface area contributed by atoms with Gasteiger partial charge in [0.2, 0.25) is 0 Å². The van der Waals surface area contributed by atoms with Gasteiger partial charge in [-0.05, 0) is 48.9 Å². The predicted octanol–water partition coefficient (Wildman–Crippen LogP) is 4.40. The number of benzene rings is 2. The number of fused-ring (bicyclic) bond motifs is 1. The van der Waals surface area contributed by atoms with Crippen LogP contribution in [0, 0.1) is 6.92 Å². The quantitative estimate of drug-likeness (QED) is 0.562. The van der Waals surface area contributed by atoms with Gasteiger partial charge in [0.15, 0.2) is 0 Å². The molecule has 2 aromatic heterocycles. The second-order valence-electron chi connectivity index (χ2n) is 5.75. The lowest BCUT2D eigenvalue weighted by atomic mass is 10.1. The lowest BCUT2D eigenvalue weighted by molar-refractivity contribution is 0.415. The lowest BCUT2D eigenvalue weighted by Crippen LogP contribution is -1.96. The average molecular weight is 315 g/mol. The molecule has 0 aliphatic rings. The summed E-state index contributed by atoms with van der Waals surface area (Å²) in [6.07, 6.45) is 5.55. The second-order valence-corrected chi connectivity index (χ2v) is 5.75. The molecule has 0 radical (unpaired) electrons. The van der Waals surface area contributed by atoms with E-state index in [9.17, 15) is 0 Å². The Kier molecular flexibility index (Phi) is 3.50. The molecule has 0 amide bonds. The Labute approximate surface area is 140 Å². The van der Waals surface area contributed by atoms with Crippen LogP contribution in [0.1, 0.15) is 5.56 Å². The Balaban J connectivity index is 1.95. The van der Waals surface area contributed by atoms with Crippen molar-refractivity contribution in [2.75, 3.05) is 7.11 Å². The number of pyridine rings is 1. The van der Waals surface area contributed by atoms with E-state index in [1.165, 1.54) is 5.56 Å². The third-order valence-electron chi connectivity index (χ3n) is 4.11. The molecule has 118 valence electrons. The predicted molar refractivity (Wildman–Crippen MR) is 95.6 cm³/mol. The fraction of sp³-hybridized carbons (Fsp3) is 0.100. The van der Waals surface area contributed by atoms with Crippen LogP contribution in [-0.2, 0) is 0 Å². The minimum Gasteiger partial charge on any atom is -0.497 e. The molecule has 0 saturated heterocycles. The molecule has 4 nitrogen and oxygen atoms in total. The summed E-state index contributed by atoms with van der Waals surface area (Å²) in [6, 6.07) is 16.4. The smallest absolute Gasteiger partial charge is 0.118 e. The van der Waals surface area contributed by atoms with Gasteiger partial charge in [-0.3, -0.25) is 0 Å². The number of rotatable bonds is 3. The largest absolute Gasteiger partial charge is 0.497 e. The number of hydrogen-bond acceptors (Lipinski definition) is 3. The Morgan fingerprint density at radius 2 is 1.83 bits per heavy atom. The van der Waals surface area contributed by atoms with Crippen LogP contribution < -0.4 is 4.74 Å². The average Bonchev–Trinajstić information content (AvgIpc) is 3.15. The van der Waals surface area contributed by atoms with E-state index in [1.807, 2.05) is 41.4 Å². The van der Waals surface area contributed by atoms with E-state index in [0.29, 0.717) is 0 Å². The summed E-state index contributed by atoms with van der Waals surface area (Å²) in [4.78, 5) is 9.03. The zero-order chi connectivity index (χ0) is 16.5. The number of hydrogen-bond donors (Lipinski definition) is 0. The molecule has 4 heteroatoms. The van der Waals surface area contributed by atoms with E-state index in [0.717, 1.165) is 33.6 Å². The standard InChI is InChI=1S/C20H17N3O/c1-14-3-8-17-19(11-14)22-18(12-20(17)23-10-9-21-13-23)15-4-6-16(24-2)7-5-15/h3-13H,1-2H3.